The van der Waals surface area contributed by atoms with Gasteiger partial charge in [-0.15, -0.1) is 0 Å². The lowest BCUT2D eigenvalue weighted by Gasteiger charge is -2.15. The van der Waals surface area contributed by atoms with E-state index in [-0.39, 0.29) is 6.61 Å². The molecule has 0 bridgehead atoms. The zero-order chi connectivity index (χ0) is 14.8. The van der Waals surface area contributed by atoms with E-state index < -0.39 is 17.8 Å². The van der Waals surface area contributed by atoms with Crippen LogP contribution in [0, 0.1) is 0 Å². The number of halogens is 3. The molecule has 106 valence electrons. The highest BCUT2D eigenvalue weighted by Crippen LogP contribution is 2.32. The summed E-state index contributed by atoms with van der Waals surface area (Å²) in [5, 5.41) is 9.14. The van der Waals surface area contributed by atoms with Gasteiger partial charge in [0.1, 0.15) is 0 Å². The lowest BCUT2D eigenvalue weighted by molar-refractivity contribution is -0.137. The van der Waals surface area contributed by atoms with Crippen molar-refractivity contribution in [3.8, 4) is 11.1 Å². The van der Waals surface area contributed by atoms with E-state index in [0.717, 1.165) is 17.7 Å². The first kappa shape index (κ1) is 14.6. The topological polar surface area (TPSA) is 46.2 Å². The normalized spacial score (nSPS) is 13.2. The minimum Gasteiger partial charge on any atom is -0.394 e. The van der Waals surface area contributed by atoms with Crippen molar-refractivity contribution in [2.24, 2.45) is 5.73 Å². The summed E-state index contributed by atoms with van der Waals surface area (Å²) < 4.78 is 37.6. The number of benzene rings is 2. The van der Waals surface area contributed by atoms with Gasteiger partial charge in [0.2, 0.25) is 0 Å². The van der Waals surface area contributed by atoms with Crippen molar-refractivity contribution in [3.05, 3.63) is 59.7 Å². The van der Waals surface area contributed by atoms with Crippen molar-refractivity contribution < 1.29 is 18.3 Å². The second-order valence-corrected chi connectivity index (χ2v) is 4.45. The van der Waals surface area contributed by atoms with E-state index in [9.17, 15) is 13.2 Å². The van der Waals surface area contributed by atoms with Crippen LogP contribution >= 0.6 is 0 Å². The highest BCUT2D eigenvalue weighted by molar-refractivity contribution is 5.68. The predicted molar refractivity (Wildman–Crippen MR) is 70.9 cm³/mol. The summed E-state index contributed by atoms with van der Waals surface area (Å²) in [6.07, 6.45) is -4.35. The van der Waals surface area contributed by atoms with E-state index in [0.29, 0.717) is 11.1 Å². The Morgan fingerprint density at radius 3 is 2.15 bits per heavy atom. The standard InChI is InChI=1S/C15H14F3NO/c16-15(17,18)11-7-5-10(6-8-11)12-3-1-2-4-13(12)14(19)9-20/h1-8,14,20H,9,19H2/t14-/m0/s1. The smallest absolute Gasteiger partial charge is 0.394 e. The molecular formula is C15H14F3NO. The van der Waals surface area contributed by atoms with Gasteiger partial charge in [0.05, 0.1) is 18.2 Å². The molecule has 2 rings (SSSR count). The summed E-state index contributed by atoms with van der Waals surface area (Å²) in [7, 11) is 0. The third-order valence-electron chi connectivity index (χ3n) is 3.08. The van der Waals surface area contributed by atoms with Crippen LogP contribution in [0.5, 0.6) is 0 Å². The number of aliphatic hydroxyl groups is 1. The summed E-state index contributed by atoms with van der Waals surface area (Å²) in [4.78, 5) is 0. The van der Waals surface area contributed by atoms with Gasteiger partial charge in [-0.05, 0) is 28.8 Å². The molecule has 1 atom stereocenters. The van der Waals surface area contributed by atoms with Gasteiger partial charge in [-0.3, -0.25) is 0 Å². The highest BCUT2D eigenvalue weighted by Gasteiger charge is 2.30. The van der Waals surface area contributed by atoms with Crippen LogP contribution in [0.4, 0.5) is 13.2 Å². The van der Waals surface area contributed by atoms with Crippen molar-refractivity contribution in [2.45, 2.75) is 12.2 Å². The Morgan fingerprint density at radius 1 is 1.00 bits per heavy atom. The molecule has 20 heavy (non-hydrogen) atoms. The van der Waals surface area contributed by atoms with E-state index >= 15 is 0 Å². The predicted octanol–water partition coefficient (Wildman–Crippen LogP) is 3.36. The first-order valence-corrected chi connectivity index (χ1v) is 6.06. The molecule has 0 unspecified atom stereocenters. The largest absolute Gasteiger partial charge is 0.416 e. The van der Waals surface area contributed by atoms with Crippen molar-refractivity contribution in [1.82, 2.24) is 0 Å². The zero-order valence-corrected chi connectivity index (χ0v) is 10.6. The SMILES string of the molecule is N[C@@H](CO)c1ccccc1-c1ccc(C(F)(F)F)cc1. The maximum Gasteiger partial charge on any atom is 0.416 e. The number of alkyl halides is 3. The molecule has 2 nitrogen and oxygen atoms in total. The van der Waals surface area contributed by atoms with E-state index in [1.165, 1.54) is 12.1 Å². The van der Waals surface area contributed by atoms with Gasteiger partial charge < -0.3 is 10.8 Å². The van der Waals surface area contributed by atoms with Crippen molar-refractivity contribution >= 4 is 0 Å². The van der Waals surface area contributed by atoms with Gasteiger partial charge in [-0.25, -0.2) is 0 Å². The fraction of sp³-hybridized carbons (Fsp3) is 0.200. The molecule has 2 aromatic rings. The van der Waals surface area contributed by atoms with Crippen molar-refractivity contribution in [3.63, 3.8) is 0 Å². The highest BCUT2D eigenvalue weighted by atomic mass is 19.4. The first-order valence-electron chi connectivity index (χ1n) is 6.06. The Hall–Kier alpha value is -1.85. The fourth-order valence-electron chi connectivity index (χ4n) is 2.02. The van der Waals surface area contributed by atoms with Crippen LogP contribution in [-0.4, -0.2) is 11.7 Å². The van der Waals surface area contributed by atoms with E-state index in [1.807, 2.05) is 0 Å². The third-order valence-corrected chi connectivity index (χ3v) is 3.08. The van der Waals surface area contributed by atoms with Crippen LogP contribution in [0.2, 0.25) is 0 Å². The maximum absolute atomic E-state index is 12.5. The summed E-state index contributed by atoms with van der Waals surface area (Å²) in [6.45, 7) is -0.225. The monoisotopic (exact) mass is 281 g/mol. The molecule has 0 aliphatic heterocycles. The number of hydrogen-bond donors (Lipinski definition) is 2. The van der Waals surface area contributed by atoms with Crippen LogP contribution in [-0.2, 0) is 6.18 Å². The molecule has 3 N–H and O–H groups in total. The molecule has 0 aromatic heterocycles. The van der Waals surface area contributed by atoms with Crippen LogP contribution < -0.4 is 5.73 Å². The number of hydrogen-bond acceptors (Lipinski definition) is 2. The molecule has 0 radical (unpaired) electrons. The summed E-state index contributed by atoms with van der Waals surface area (Å²) in [5.41, 5.74) is 7.18. The molecule has 0 fully saturated rings. The van der Waals surface area contributed by atoms with Crippen LogP contribution in [0.25, 0.3) is 11.1 Å². The molecular weight excluding hydrogens is 267 g/mol. The van der Waals surface area contributed by atoms with Gasteiger partial charge in [0.15, 0.2) is 0 Å². The second kappa shape index (κ2) is 5.64. The minimum absolute atomic E-state index is 0.225. The van der Waals surface area contributed by atoms with Crippen LogP contribution in [0.15, 0.2) is 48.5 Å². The zero-order valence-electron chi connectivity index (χ0n) is 10.6. The van der Waals surface area contributed by atoms with Crippen LogP contribution in [0.3, 0.4) is 0 Å². The second-order valence-electron chi connectivity index (χ2n) is 4.45. The van der Waals surface area contributed by atoms with Crippen LogP contribution in [0.1, 0.15) is 17.2 Å². The summed E-state index contributed by atoms with van der Waals surface area (Å²) in [5.74, 6) is 0. The molecule has 5 heteroatoms. The molecule has 0 saturated carbocycles. The Morgan fingerprint density at radius 2 is 1.60 bits per heavy atom. The first-order chi connectivity index (χ1) is 9.43. The Labute approximate surface area is 114 Å². The van der Waals surface area contributed by atoms with E-state index in [2.05, 4.69) is 0 Å². The molecule has 0 aliphatic carbocycles. The lowest BCUT2D eigenvalue weighted by atomic mass is 9.95. The Bertz CT molecular complexity index is 578. The van der Waals surface area contributed by atoms with Crippen molar-refractivity contribution in [1.29, 1.82) is 0 Å². The van der Waals surface area contributed by atoms with E-state index in [1.54, 1.807) is 24.3 Å². The molecule has 0 saturated heterocycles. The molecule has 0 spiro atoms. The van der Waals surface area contributed by atoms with Gasteiger partial charge in [0.25, 0.3) is 0 Å². The van der Waals surface area contributed by atoms with Crippen molar-refractivity contribution in [2.75, 3.05) is 6.61 Å². The average molecular weight is 281 g/mol. The van der Waals surface area contributed by atoms with Gasteiger partial charge in [-0.1, -0.05) is 36.4 Å². The van der Waals surface area contributed by atoms with E-state index in [4.69, 9.17) is 10.8 Å². The lowest BCUT2D eigenvalue weighted by Crippen LogP contribution is -2.15. The molecule has 0 aliphatic rings. The number of aliphatic hydroxyl groups excluding tert-OH is 1. The summed E-state index contributed by atoms with van der Waals surface area (Å²) >= 11 is 0. The Kier molecular flexibility index (Phi) is 4.11. The third kappa shape index (κ3) is 3.00. The van der Waals surface area contributed by atoms with Gasteiger partial charge in [0, 0.05) is 0 Å². The number of rotatable bonds is 3. The van der Waals surface area contributed by atoms with Gasteiger partial charge in [-0.2, -0.15) is 13.2 Å². The molecule has 0 heterocycles. The van der Waals surface area contributed by atoms with Gasteiger partial charge >= 0.3 is 6.18 Å². The fourth-order valence-corrected chi connectivity index (χ4v) is 2.02. The number of nitrogens with two attached hydrogens (primary N) is 1. The summed E-state index contributed by atoms with van der Waals surface area (Å²) in [6, 6.07) is 11.4. The minimum atomic E-state index is -4.35. The molecule has 0 amide bonds. The Balaban J connectivity index is 2.42. The maximum atomic E-state index is 12.5. The quantitative estimate of drug-likeness (QED) is 0.906. The molecule has 2 aromatic carbocycles. The average Bonchev–Trinajstić information content (AvgIpc) is 2.45.